The second kappa shape index (κ2) is 5.71. The molecule has 1 amide bonds. The fraction of sp³-hybridized carbons (Fsp3) is 0.143. The standard InChI is InChI=1S/C14H12ClNO3/c1-2-14(18)16-12-5-3-9(7-11(12)15)13-6-4-10(8-17)19-13/h3-8H,2H2,1H3,(H,16,18). The maximum Gasteiger partial charge on any atom is 0.224 e. The van der Waals surface area contributed by atoms with E-state index in [0.29, 0.717) is 29.2 Å². The SMILES string of the molecule is CCC(=O)Nc1ccc(-c2ccc(C=O)o2)cc1Cl. The monoisotopic (exact) mass is 277 g/mol. The van der Waals surface area contributed by atoms with Gasteiger partial charge in [-0.3, -0.25) is 9.59 Å². The average Bonchev–Trinajstić information content (AvgIpc) is 2.89. The molecule has 2 aromatic rings. The second-order valence-corrected chi connectivity index (χ2v) is 4.32. The van der Waals surface area contributed by atoms with Crippen molar-refractivity contribution in [3.05, 3.63) is 41.1 Å². The number of rotatable bonds is 4. The Hall–Kier alpha value is -2.07. The van der Waals surface area contributed by atoms with Crippen LogP contribution in [0.1, 0.15) is 23.9 Å². The molecule has 1 aromatic carbocycles. The third kappa shape index (κ3) is 3.03. The molecule has 98 valence electrons. The summed E-state index contributed by atoms with van der Waals surface area (Å²) >= 11 is 6.10. The highest BCUT2D eigenvalue weighted by Crippen LogP contribution is 2.29. The predicted octanol–water partition coefficient (Wildman–Crippen LogP) is 3.76. The van der Waals surface area contributed by atoms with Gasteiger partial charge in [0.15, 0.2) is 12.0 Å². The summed E-state index contributed by atoms with van der Waals surface area (Å²) in [6.07, 6.45) is 1.03. The molecule has 1 aromatic heterocycles. The maximum atomic E-state index is 11.3. The largest absolute Gasteiger partial charge is 0.453 e. The van der Waals surface area contributed by atoms with Crippen molar-refractivity contribution in [2.45, 2.75) is 13.3 Å². The van der Waals surface area contributed by atoms with Gasteiger partial charge < -0.3 is 9.73 Å². The molecule has 0 radical (unpaired) electrons. The highest BCUT2D eigenvalue weighted by atomic mass is 35.5. The Labute approximate surface area is 115 Å². The second-order valence-electron chi connectivity index (χ2n) is 3.92. The minimum absolute atomic E-state index is 0.101. The Kier molecular flexibility index (Phi) is 4.02. The normalized spacial score (nSPS) is 10.2. The lowest BCUT2D eigenvalue weighted by molar-refractivity contribution is -0.115. The number of hydrogen-bond donors (Lipinski definition) is 1. The third-order valence-corrected chi connectivity index (χ3v) is 2.90. The molecular formula is C14H12ClNO3. The highest BCUT2D eigenvalue weighted by Gasteiger charge is 2.09. The molecule has 1 heterocycles. The van der Waals surface area contributed by atoms with Gasteiger partial charge in [-0.2, -0.15) is 0 Å². The molecule has 0 aliphatic carbocycles. The summed E-state index contributed by atoms with van der Waals surface area (Å²) in [5.41, 5.74) is 1.30. The molecule has 0 fully saturated rings. The molecule has 0 aliphatic heterocycles. The zero-order chi connectivity index (χ0) is 13.8. The molecule has 0 spiro atoms. The summed E-state index contributed by atoms with van der Waals surface area (Å²) in [6.45, 7) is 1.77. The van der Waals surface area contributed by atoms with E-state index < -0.39 is 0 Å². The first-order valence-corrected chi connectivity index (χ1v) is 6.16. The number of nitrogens with one attached hydrogen (secondary N) is 1. The summed E-state index contributed by atoms with van der Waals surface area (Å²) in [5, 5.41) is 3.12. The van der Waals surface area contributed by atoms with Crippen molar-refractivity contribution in [2.75, 3.05) is 5.32 Å². The van der Waals surface area contributed by atoms with Crippen LogP contribution in [-0.4, -0.2) is 12.2 Å². The lowest BCUT2D eigenvalue weighted by atomic mass is 10.1. The number of carbonyl (C=O) groups excluding carboxylic acids is 2. The Morgan fingerprint density at radius 3 is 2.74 bits per heavy atom. The van der Waals surface area contributed by atoms with Crippen molar-refractivity contribution < 1.29 is 14.0 Å². The summed E-state index contributed by atoms with van der Waals surface area (Å²) in [7, 11) is 0. The lowest BCUT2D eigenvalue weighted by Gasteiger charge is -2.07. The van der Waals surface area contributed by atoms with E-state index in [0.717, 1.165) is 5.56 Å². The molecule has 1 N–H and O–H groups in total. The van der Waals surface area contributed by atoms with Crippen LogP contribution in [0.4, 0.5) is 5.69 Å². The number of halogens is 1. The number of furan rings is 1. The number of hydrogen-bond acceptors (Lipinski definition) is 3. The Balaban J connectivity index is 2.27. The van der Waals surface area contributed by atoms with Gasteiger partial charge in [0, 0.05) is 12.0 Å². The number of benzene rings is 1. The molecular weight excluding hydrogens is 266 g/mol. The van der Waals surface area contributed by atoms with Gasteiger partial charge in [0.2, 0.25) is 5.91 Å². The molecule has 0 saturated carbocycles. The van der Waals surface area contributed by atoms with Gasteiger partial charge in [-0.15, -0.1) is 0 Å². The third-order valence-electron chi connectivity index (χ3n) is 2.59. The van der Waals surface area contributed by atoms with Crippen LogP contribution in [0, 0.1) is 0 Å². The van der Waals surface area contributed by atoms with Crippen LogP contribution in [0.3, 0.4) is 0 Å². The molecule has 2 rings (SSSR count). The average molecular weight is 278 g/mol. The van der Waals surface area contributed by atoms with E-state index in [9.17, 15) is 9.59 Å². The fourth-order valence-corrected chi connectivity index (χ4v) is 1.81. The Morgan fingerprint density at radius 1 is 1.37 bits per heavy atom. The van der Waals surface area contributed by atoms with E-state index in [1.807, 2.05) is 0 Å². The van der Waals surface area contributed by atoms with E-state index in [2.05, 4.69) is 5.32 Å². The predicted molar refractivity (Wildman–Crippen MR) is 73.5 cm³/mol. The van der Waals surface area contributed by atoms with E-state index in [-0.39, 0.29) is 11.7 Å². The van der Waals surface area contributed by atoms with Crippen molar-refractivity contribution >= 4 is 29.5 Å². The molecule has 4 nitrogen and oxygen atoms in total. The highest BCUT2D eigenvalue weighted by molar-refractivity contribution is 6.34. The van der Waals surface area contributed by atoms with Crippen LogP contribution in [0.15, 0.2) is 34.7 Å². The molecule has 19 heavy (non-hydrogen) atoms. The molecule has 0 unspecified atom stereocenters. The summed E-state index contributed by atoms with van der Waals surface area (Å²) in [4.78, 5) is 21.9. The lowest BCUT2D eigenvalue weighted by Crippen LogP contribution is -2.09. The number of anilines is 1. The van der Waals surface area contributed by atoms with Gasteiger partial charge in [0.25, 0.3) is 0 Å². The number of carbonyl (C=O) groups is 2. The topological polar surface area (TPSA) is 59.3 Å². The van der Waals surface area contributed by atoms with Gasteiger partial charge >= 0.3 is 0 Å². The van der Waals surface area contributed by atoms with Gasteiger partial charge in [-0.1, -0.05) is 18.5 Å². The van der Waals surface area contributed by atoms with Gasteiger partial charge in [-0.05, 0) is 30.3 Å². The van der Waals surface area contributed by atoms with Crippen molar-refractivity contribution in [1.82, 2.24) is 0 Å². The van der Waals surface area contributed by atoms with Gasteiger partial charge in [-0.25, -0.2) is 0 Å². The fourth-order valence-electron chi connectivity index (χ4n) is 1.58. The van der Waals surface area contributed by atoms with Crippen molar-refractivity contribution in [3.63, 3.8) is 0 Å². The smallest absolute Gasteiger partial charge is 0.224 e. The first-order valence-electron chi connectivity index (χ1n) is 5.79. The summed E-state index contributed by atoms with van der Waals surface area (Å²) < 4.78 is 5.30. The van der Waals surface area contributed by atoms with E-state index in [1.54, 1.807) is 37.3 Å². The molecule has 0 bridgehead atoms. The minimum Gasteiger partial charge on any atom is -0.453 e. The first-order chi connectivity index (χ1) is 9.13. The van der Waals surface area contributed by atoms with E-state index in [1.165, 1.54) is 0 Å². The van der Waals surface area contributed by atoms with Crippen LogP contribution < -0.4 is 5.32 Å². The zero-order valence-corrected chi connectivity index (χ0v) is 11.0. The van der Waals surface area contributed by atoms with E-state index in [4.69, 9.17) is 16.0 Å². The molecule has 5 heteroatoms. The van der Waals surface area contributed by atoms with Crippen LogP contribution in [0.5, 0.6) is 0 Å². The van der Waals surface area contributed by atoms with Gasteiger partial charge in [0.05, 0.1) is 10.7 Å². The van der Waals surface area contributed by atoms with Crippen LogP contribution in [-0.2, 0) is 4.79 Å². The molecule has 0 saturated heterocycles. The van der Waals surface area contributed by atoms with Crippen LogP contribution in [0.25, 0.3) is 11.3 Å². The minimum atomic E-state index is -0.101. The van der Waals surface area contributed by atoms with Crippen LogP contribution >= 0.6 is 11.6 Å². The summed E-state index contributed by atoms with van der Waals surface area (Å²) in [5.74, 6) is 0.711. The Morgan fingerprint density at radius 2 is 2.16 bits per heavy atom. The van der Waals surface area contributed by atoms with E-state index >= 15 is 0 Å². The molecule has 0 atom stereocenters. The Bertz CT molecular complexity index is 619. The summed E-state index contributed by atoms with van der Waals surface area (Å²) in [6, 6.07) is 8.43. The maximum absolute atomic E-state index is 11.3. The zero-order valence-electron chi connectivity index (χ0n) is 10.3. The van der Waals surface area contributed by atoms with Gasteiger partial charge in [0.1, 0.15) is 5.76 Å². The van der Waals surface area contributed by atoms with Crippen molar-refractivity contribution in [3.8, 4) is 11.3 Å². The number of amides is 1. The number of aldehydes is 1. The quantitative estimate of drug-likeness (QED) is 0.866. The van der Waals surface area contributed by atoms with Crippen LogP contribution in [0.2, 0.25) is 5.02 Å². The molecule has 0 aliphatic rings. The van der Waals surface area contributed by atoms with Crippen molar-refractivity contribution in [1.29, 1.82) is 0 Å². The van der Waals surface area contributed by atoms with Crippen molar-refractivity contribution in [2.24, 2.45) is 0 Å². The first kappa shape index (κ1) is 13.4.